The summed E-state index contributed by atoms with van der Waals surface area (Å²) in [6.07, 6.45) is 2.72. The van der Waals surface area contributed by atoms with E-state index in [1.165, 1.54) is 24.0 Å². The van der Waals surface area contributed by atoms with Crippen molar-refractivity contribution in [2.75, 3.05) is 13.6 Å². The Morgan fingerprint density at radius 3 is 2.65 bits per heavy atom. The third-order valence-corrected chi connectivity index (χ3v) is 3.49. The Bertz CT molecular complexity index is 350. The predicted molar refractivity (Wildman–Crippen MR) is 75.5 cm³/mol. The molecule has 0 aromatic heterocycles. The molecule has 1 aliphatic carbocycles. The number of nitrogens with zero attached hydrogens (tertiary/aromatic N) is 1. The molecule has 0 amide bonds. The van der Waals surface area contributed by atoms with Crippen molar-refractivity contribution < 1.29 is 0 Å². The average Bonchev–Trinajstić information content (AvgIpc) is 3.03. The minimum absolute atomic E-state index is 0. The van der Waals surface area contributed by atoms with Crippen molar-refractivity contribution in [3.63, 3.8) is 0 Å². The van der Waals surface area contributed by atoms with Crippen LogP contribution in [-0.4, -0.2) is 24.5 Å². The van der Waals surface area contributed by atoms with Crippen LogP contribution in [0.1, 0.15) is 24.0 Å². The number of likely N-dealkylation sites (N-methyl/N-ethyl adjacent to an activating group) is 1. The number of rotatable bonds is 5. The topological polar surface area (TPSA) is 29.3 Å². The maximum Gasteiger partial charge on any atom is 0.0247 e. The maximum absolute atomic E-state index is 5.86. The number of hydrogen-bond donors (Lipinski definition) is 1. The summed E-state index contributed by atoms with van der Waals surface area (Å²) in [6, 6.07) is 9.30. The molecule has 0 spiro atoms. The molecule has 1 fully saturated rings. The molecule has 3 heteroatoms. The van der Waals surface area contributed by atoms with Gasteiger partial charge in [0.1, 0.15) is 0 Å². The van der Waals surface area contributed by atoms with E-state index in [4.69, 9.17) is 5.73 Å². The highest BCUT2D eigenvalue weighted by atomic mass is 35.5. The van der Waals surface area contributed by atoms with Crippen LogP contribution in [0.3, 0.4) is 0 Å². The van der Waals surface area contributed by atoms with E-state index >= 15 is 0 Å². The van der Waals surface area contributed by atoms with Gasteiger partial charge in [0.15, 0.2) is 0 Å². The molecule has 1 saturated carbocycles. The van der Waals surface area contributed by atoms with Crippen LogP contribution in [-0.2, 0) is 6.54 Å². The zero-order chi connectivity index (χ0) is 11.5. The van der Waals surface area contributed by atoms with Crippen molar-refractivity contribution in [1.82, 2.24) is 4.90 Å². The number of benzene rings is 1. The molecule has 0 radical (unpaired) electrons. The lowest BCUT2D eigenvalue weighted by molar-refractivity contribution is 0.215. The van der Waals surface area contributed by atoms with Crippen LogP contribution < -0.4 is 5.73 Å². The van der Waals surface area contributed by atoms with Crippen LogP contribution in [0, 0.1) is 12.8 Å². The van der Waals surface area contributed by atoms with E-state index in [1.807, 2.05) is 0 Å². The fourth-order valence-corrected chi connectivity index (χ4v) is 2.43. The Kier molecular flexibility index (Phi) is 5.44. The molecule has 0 heterocycles. The Morgan fingerprint density at radius 1 is 1.41 bits per heavy atom. The van der Waals surface area contributed by atoms with Crippen molar-refractivity contribution in [2.24, 2.45) is 11.7 Å². The van der Waals surface area contributed by atoms with E-state index in [0.717, 1.165) is 19.0 Å². The molecule has 17 heavy (non-hydrogen) atoms. The summed E-state index contributed by atoms with van der Waals surface area (Å²) in [4.78, 5) is 2.41. The van der Waals surface area contributed by atoms with Crippen molar-refractivity contribution in [3.8, 4) is 0 Å². The van der Waals surface area contributed by atoms with Gasteiger partial charge in [-0.25, -0.2) is 0 Å². The van der Waals surface area contributed by atoms with Crippen molar-refractivity contribution in [2.45, 2.75) is 32.4 Å². The predicted octanol–water partition coefficient (Wildman–Crippen LogP) is 2.59. The summed E-state index contributed by atoms with van der Waals surface area (Å²) in [6.45, 7) is 3.94. The standard InChI is InChI=1S/C14H22N2.ClH/c1-11-4-3-5-12(8-11)10-16(2)14(9-15)13-6-7-13;/h3-5,8,13-14H,6-7,9-10,15H2,1-2H3;1H. The fraction of sp³-hybridized carbons (Fsp3) is 0.571. The number of nitrogens with two attached hydrogens (primary N) is 1. The van der Waals surface area contributed by atoms with Gasteiger partial charge in [0, 0.05) is 19.1 Å². The first-order valence-electron chi connectivity index (χ1n) is 6.16. The molecule has 0 bridgehead atoms. The van der Waals surface area contributed by atoms with E-state index in [-0.39, 0.29) is 12.4 Å². The lowest BCUT2D eigenvalue weighted by Gasteiger charge is -2.27. The van der Waals surface area contributed by atoms with E-state index in [2.05, 4.69) is 43.1 Å². The highest BCUT2D eigenvalue weighted by Crippen LogP contribution is 2.34. The normalized spacial score (nSPS) is 16.7. The Labute approximate surface area is 111 Å². The SMILES string of the molecule is Cc1cccc(CN(C)C(CN)C2CC2)c1.Cl. The van der Waals surface area contributed by atoms with Gasteiger partial charge in [-0.05, 0) is 38.3 Å². The van der Waals surface area contributed by atoms with Gasteiger partial charge in [0.25, 0.3) is 0 Å². The van der Waals surface area contributed by atoms with E-state index < -0.39 is 0 Å². The first kappa shape index (κ1) is 14.5. The van der Waals surface area contributed by atoms with E-state index in [9.17, 15) is 0 Å². The van der Waals surface area contributed by atoms with E-state index in [1.54, 1.807) is 0 Å². The average molecular weight is 255 g/mol. The molecule has 0 aliphatic heterocycles. The number of aryl methyl sites for hydroxylation is 1. The molecule has 1 unspecified atom stereocenters. The van der Waals surface area contributed by atoms with E-state index in [0.29, 0.717) is 6.04 Å². The van der Waals surface area contributed by atoms with Crippen LogP contribution in [0.15, 0.2) is 24.3 Å². The summed E-state index contributed by atoms with van der Waals surface area (Å²) in [5, 5.41) is 0. The van der Waals surface area contributed by atoms with Crippen LogP contribution in [0.5, 0.6) is 0 Å². The van der Waals surface area contributed by atoms with Crippen LogP contribution in [0.25, 0.3) is 0 Å². The van der Waals surface area contributed by atoms with Crippen LogP contribution in [0.2, 0.25) is 0 Å². The summed E-state index contributed by atoms with van der Waals surface area (Å²) in [7, 11) is 2.19. The molecular weight excluding hydrogens is 232 g/mol. The van der Waals surface area contributed by atoms with Crippen molar-refractivity contribution >= 4 is 12.4 Å². The van der Waals surface area contributed by atoms with Gasteiger partial charge in [-0.1, -0.05) is 29.8 Å². The number of hydrogen-bond acceptors (Lipinski definition) is 2. The second kappa shape index (κ2) is 6.39. The molecule has 2 rings (SSSR count). The summed E-state index contributed by atoms with van der Waals surface area (Å²) < 4.78 is 0. The minimum Gasteiger partial charge on any atom is -0.329 e. The molecular formula is C14H23ClN2. The summed E-state index contributed by atoms with van der Waals surface area (Å²) in [5.74, 6) is 0.847. The Hall–Kier alpha value is -0.570. The maximum atomic E-state index is 5.86. The second-order valence-corrected chi connectivity index (χ2v) is 5.04. The summed E-state index contributed by atoms with van der Waals surface area (Å²) >= 11 is 0. The Morgan fingerprint density at radius 2 is 2.12 bits per heavy atom. The number of halogens is 1. The molecule has 2 N–H and O–H groups in total. The molecule has 1 aromatic rings. The highest BCUT2D eigenvalue weighted by molar-refractivity contribution is 5.85. The van der Waals surface area contributed by atoms with Crippen LogP contribution in [0.4, 0.5) is 0 Å². The lowest BCUT2D eigenvalue weighted by Crippen LogP contribution is -2.39. The summed E-state index contributed by atoms with van der Waals surface area (Å²) in [5.41, 5.74) is 8.58. The minimum atomic E-state index is 0. The smallest absolute Gasteiger partial charge is 0.0247 e. The van der Waals surface area contributed by atoms with Gasteiger partial charge in [0.2, 0.25) is 0 Å². The first-order chi connectivity index (χ1) is 7.70. The molecule has 0 saturated heterocycles. The monoisotopic (exact) mass is 254 g/mol. The first-order valence-corrected chi connectivity index (χ1v) is 6.16. The third kappa shape index (κ3) is 3.98. The quantitative estimate of drug-likeness (QED) is 0.875. The van der Waals surface area contributed by atoms with Gasteiger partial charge in [-0.15, -0.1) is 12.4 Å². The van der Waals surface area contributed by atoms with Gasteiger partial charge in [0.05, 0.1) is 0 Å². The molecule has 1 atom stereocenters. The zero-order valence-electron chi connectivity index (χ0n) is 10.7. The van der Waals surface area contributed by atoms with Gasteiger partial charge < -0.3 is 5.73 Å². The largest absolute Gasteiger partial charge is 0.329 e. The van der Waals surface area contributed by atoms with Gasteiger partial charge >= 0.3 is 0 Å². The van der Waals surface area contributed by atoms with Gasteiger partial charge in [-0.3, -0.25) is 4.90 Å². The molecule has 1 aromatic carbocycles. The molecule has 1 aliphatic rings. The van der Waals surface area contributed by atoms with Crippen molar-refractivity contribution in [1.29, 1.82) is 0 Å². The van der Waals surface area contributed by atoms with Crippen molar-refractivity contribution in [3.05, 3.63) is 35.4 Å². The lowest BCUT2D eigenvalue weighted by atomic mass is 10.1. The molecule has 2 nitrogen and oxygen atoms in total. The van der Waals surface area contributed by atoms with Gasteiger partial charge in [-0.2, -0.15) is 0 Å². The molecule has 96 valence electrons. The Balaban J connectivity index is 0.00000144. The highest BCUT2D eigenvalue weighted by Gasteiger charge is 2.32. The fourth-order valence-electron chi connectivity index (χ4n) is 2.43. The second-order valence-electron chi connectivity index (χ2n) is 5.04. The van der Waals surface area contributed by atoms with Crippen LogP contribution >= 0.6 is 12.4 Å². The zero-order valence-corrected chi connectivity index (χ0v) is 11.5. The third-order valence-electron chi connectivity index (χ3n) is 3.49.